The Morgan fingerprint density at radius 1 is 1.21 bits per heavy atom. The van der Waals surface area contributed by atoms with Crippen LogP contribution in [0, 0.1) is 0 Å². The number of carbonyl (C=O) groups is 1. The summed E-state index contributed by atoms with van der Waals surface area (Å²) < 4.78 is 1.85. The van der Waals surface area contributed by atoms with Crippen molar-refractivity contribution in [2.24, 2.45) is 7.05 Å². The van der Waals surface area contributed by atoms with Crippen molar-refractivity contribution in [3.63, 3.8) is 0 Å². The molecule has 0 N–H and O–H groups in total. The summed E-state index contributed by atoms with van der Waals surface area (Å²) in [5, 5.41) is 6.24. The maximum absolute atomic E-state index is 13.2. The third-order valence-electron chi connectivity index (χ3n) is 5.70. The summed E-state index contributed by atoms with van der Waals surface area (Å²) in [5.74, 6) is 0.0162. The quantitative estimate of drug-likeness (QED) is 0.701. The smallest absolute Gasteiger partial charge is 0.273 e. The van der Waals surface area contributed by atoms with E-state index >= 15 is 0 Å². The highest BCUT2D eigenvalue weighted by Crippen LogP contribution is 2.22. The minimum absolute atomic E-state index is 0.0162. The largest absolute Gasteiger partial charge is 0.337 e. The number of hydrogen-bond donors (Lipinski definition) is 0. The van der Waals surface area contributed by atoms with Crippen LogP contribution in [0.25, 0.3) is 10.8 Å². The van der Waals surface area contributed by atoms with E-state index in [1.807, 2.05) is 60.2 Å². The number of carbonyl (C=O) groups excluding carboxylic acids is 1. The molecule has 1 fully saturated rings. The van der Waals surface area contributed by atoms with Crippen LogP contribution in [0.1, 0.15) is 35.3 Å². The molecular formula is C22H27N5O. The zero-order valence-electron chi connectivity index (χ0n) is 16.6. The Morgan fingerprint density at radius 2 is 2.07 bits per heavy atom. The summed E-state index contributed by atoms with van der Waals surface area (Å²) in [6.07, 6.45) is 8.83. The standard InChI is InChI=1S/C22H27N5O/c1-25-15-17(14-24-25)16-27-12-5-7-19(10-13-27)26(2)22(28)21-20-8-4-3-6-18(20)9-11-23-21/h3-4,6,8-9,11,14-15,19H,5,7,10,12-13,16H2,1-2H3/t19-/m1/s1. The van der Waals surface area contributed by atoms with Crippen molar-refractivity contribution in [1.82, 2.24) is 24.6 Å². The summed E-state index contributed by atoms with van der Waals surface area (Å²) in [5.41, 5.74) is 1.79. The first-order valence-electron chi connectivity index (χ1n) is 9.92. The van der Waals surface area contributed by atoms with E-state index in [9.17, 15) is 4.79 Å². The summed E-state index contributed by atoms with van der Waals surface area (Å²) in [7, 11) is 3.87. The lowest BCUT2D eigenvalue weighted by Gasteiger charge is -2.27. The van der Waals surface area contributed by atoms with Crippen LogP contribution < -0.4 is 0 Å². The van der Waals surface area contributed by atoms with Crippen molar-refractivity contribution >= 4 is 16.7 Å². The summed E-state index contributed by atoms with van der Waals surface area (Å²) >= 11 is 0. The minimum atomic E-state index is 0.0162. The predicted octanol–water partition coefficient (Wildman–Crippen LogP) is 3.10. The molecule has 0 aliphatic carbocycles. The molecule has 1 aliphatic rings. The van der Waals surface area contributed by atoms with Crippen LogP contribution in [-0.2, 0) is 13.6 Å². The Balaban J connectivity index is 1.44. The van der Waals surface area contributed by atoms with Gasteiger partial charge < -0.3 is 4.90 Å². The Hall–Kier alpha value is -2.73. The SMILES string of the molecule is CN(C(=O)c1nccc2ccccc12)[C@@H]1CCCN(Cc2cnn(C)c2)CC1. The summed E-state index contributed by atoms with van der Waals surface area (Å²) in [6.45, 7) is 2.96. The number of amides is 1. The minimum Gasteiger partial charge on any atom is -0.337 e. The van der Waals surface area contributed by atoms with Gasteiger partial charge in [0, 0.05) is 56.6 Å². The molecule has 2 aromatic heterocycles. The Kier molecular flexibility index (Phi) is 5.39. The van der Waals surface area contributed by atoms with E-state index in [0.717, 1.165) is 49.7 Å². The number of pyridine rings is 1. The zero-order valence-corrected chi connectivity index (χ0v) is 16.6. The fourth-order valence-electron chi connectivity index (χ4n) is 4.12. The molecular weight excluding hydrogens is 350 g/mol. The van der Waals surface area contributed by atoms with Gasteiger partial charge in [-0.3, -0.25) is 19.4 Å². The van der Waals surface area contributed by atoms with Gasteiger partial charge in [0.1, 0.15) is 5.69 Å². The maximum atomic E-state index is 13.2. The number of nitrogens with zero attached hydrogens (tertiary/aromatic N) is 5. The van der Waals surface area contributed by atoms with Gasteiger partial charge in [-0.25, -0.2) is 0 Å². The van der Waals surface area contributed by atoms with Crippen LogP contribution in [-0.4, -0.2) is 56.7 Å². The van der Waals surface area contributed by atoms with E-state index in [1.165, 1.54) is 5.56 Å². The van der Waals surface area contributed by atoms with Crippen molar-refractivity contribution in [2.45, 2.75) is 31.8 Å². The van der Waals surface area contributed by atoms with Gasteiger partial charge in [0.25, 0.3) is 5.91 Å². The van der Waals surface area contributed by atoms with E-state index in [0.29, 0.717) is 5.69 Å². The normalized spacial score (nSPS) is 18.1. The molecule has 3 aromatic rings. The highest BCUT2D eigenvalue weighted by atomic mass is 16.2. The van der Waals surface area contributed by atoms with E-state index < -0.39 is 0 Å². The third kappa shape index (κ3) is 3.92. The molecule has 1 aliphatic heterocycles. The second-order valence-corrected chi connectivity index (χ2v) is 7.68. The Labute approximate surface area is 165 Å². The van der Waals surface area contributed by atoms with Crippen molar-refractivity contribution in [2.75, 3.05) is 20.1 Å². The molecule has 0 radical (unpaired) electrons. The number of aryl methyl sites for hydroxylation is 1. The first-order valence-corrected chi connectivity index (χ1v) is 9.92. The Morgan fingerprint density at radius 3 is 2.89 bits per heavy atom. The predicted molar refractivity (Wildman–Crippen MR) is 110 cm³/mol. The van der Waals surface area contributed by atoms with Crippen LogP contribution in [0.4, 0.5) is 0 Å². The molecule has 0 unspecified atom stereocenters. The topological polar surface area (TPSA) is 54.3 Å². The van der Waals surface area contributed by atoms with Gasteiger partial charge in [-0.1, -0.05) is 24.3 Å². The van der Waals surface area contributed by atoms with Gasteiger partial charge in [-0.15, -0.1) is 0 Å². The zero-order chi connectivity index (χ0) is 19.5. The number of fused-ring (bicyclic) bond motifs is 1. The maximum Gasteiger partial charge on any atom is 0.273 e. The average molecular weight is 377 g/mol. The van der Waals surface area contributed by atoms with Crippen molar-refractivity contribution in [3.8, 4) is 0 Å². The lowest BCUT2D eigenvalue weighted by molar-refractivity contribution is 0.0713. The molecule has 6 heteroatoms. The lowest BCUT2D eigenvalue weighted by Crippen LogP contribution is -2.38. The van der Waals surface area contributed by atoms with Gasteiger partial charge >= 0.3 is 0 Å². The highest BCUT2D eigenvalue weighted by molar-refractivity contribution is 6.05. The summed E-state index contributed by atoms with van der Waals surface area (Å²) in [6, 6.07) is 10.1. The monoisotopic (exact) mass is 377 g/mol. The fraction of sp³-hybridized carbons (Fsp3) is 0.409. The molecule has 1 aromatic carbocycles. The van der Waals surface area contributed by atoms with Crippen LogP contribution in [0.5, 0.6) is 0 Å². The van der Waals surface area contributed by atoms with Crippen molar-refractivity contribution in [3.05, 3.63) is 60.2 Å². The van der Waals surface area contributed by atoms with Gasteiger partial charge in [-0.05, 0) is 37.3 Å². The number of likely N-dealkylation sites (tertiary alicyclic amines) is 1. The molecule has 3 heterocycles. The first-order chi connectivity index (χ1) is 13.6. The molecule has 28 heavy (non-hydrogen) atoms. The van der Waals surface area contributed by atoms with Crippen molar-refractivity contribution < 1.29 is 4.79 Å². The van der Waals surface area contributed by atoms with Crippen LogP contribution in [0.15, 0.2) is 48.9 Å². The molecule has 4 rings (SSSR count). The lowest BCUT2D eigenvalue weighted by atomic mass is 10.1. The molecule has 1 atom stereocenters. The first kappa shape index (κ1) is 18.6. The fourth-order valence-corrected chi connectivity index (χ4v) is 4.12. The molecule has 6 nitrogen and oxygen atoms in total. The van der Waals surface area contributed by atoms with Gasteiger partial charge in [0.2, 0.25) is 0 Å². The third-order valence-corrected chi connectivity index (χ3v) is 5.70. The van der Waals surface area contributed by atoms with E-state index in [4.69, 9.17) is 0 Å². The highest BCUT2D eigenvalue weighted by Gasteiger charge is 2.26. The van der Waals surface area contributed by atoms with Crippen LogP contribution in [0.3, 0.4) is 0 Å². The van der Waals surface area contributed by atoms with Crippen LogP contribution >= 0.6 is 0 Å². The summed E-state index contributed by atoms with van der Waals surface area (Å²) in [4.78, 5) is 22.0. The van der Waals surface area contributed by atoms with E-state index in [1.54, 1.807) is 6.20 Å². The van der Waals surface area contributed by atoms with Crippen LogP contribution in [0.2, 0.25) is 0 Å². The Bertz CT molecular complexity index is 961. The van der Waals surface area contributed by atoms with Gasteiger partial charge in [-0.2, -0.15) is 5.10 Å². The molecule has 0 saturated carbocycles. The second-order valence-electron chi connectivity index (χ2n) is 7.68. The van der Waals surface area contributed by atoms with Crippen molar-refractivity contribution in [1.29, 1.82) is 0 Å². The average Bonchev–Trinajstić information content (AvgIpc) is 2.98. The molecule has 0 spiro atoms. The molecule has 146 valence electrons. The number of aromatic nitrogens is 3. The molecule has 0 bridgehead atoms. The van der Waals surface area contributed by atoms with E-state index in [-0.39, 0.29) is 11.9 Å². The number of hydrogen-bond acceptors (Lipinski definition) is 4. The molecule has 1 saturated heterocycles. The number of benzene rings is 1. The van der Waals surface area contributed by atoms with Gasteiger partial charge in [0.15, 0.2) is 0 Å². The molecule has 1 amide bonds. The van der Waals surface area contributed by atoms with E-state index in [2.05, 4.69) is 21.2 Å². The van der Waals surface area contributed by atoms with Gasteiger partial charge in [0.05, 0.1) is 6.20 Å². The second kappa shape index (κ2) is 8.10. The number of rotatable bonds is 4.